The number of aliphatic hydroxyl groups is 1. The minimum absolute atomic E-state index is 0.0167. The van der Waals surface area contributed by atoms with Gasteiger partial charge in [-0.05, 0) is 29.2 Å². The quantitative estimate of drug-likeness (QED) is 0.882. The predicted octanol–water partition coefficient (Wildman–Crippen LogP) is 3.72. The Morgan fingerprint density at radius 2 is 1.75 bits per heavy atom. The molecule has 0 fully saturated rings. The number of hydrogen-bond acceptors (Lipinski definition) is 3. The highest BCUT2D eigenvalue weighted by molar-refractivity contribution is 5.92. The molecule has 0 saturated carbocycles. The standard InChI is InChI=1S/C20H19NO3/c22-18-7-4-14-24-19(18)20(23)21-13-12-15-8-10-17(11-9-15)16-5-2-1-3-6-16/h1-6,8-11,14,22H,7,12-13H2,(H,21,23). The summed E-state index contributed by atoms with van der Waals surface area (Å²) in [6, 6.07) is 18.5. The second-order valence-electron chi connectivity index (χ2n) is 5.54. The predicted molar refractivity (Wildman–Crippen MR) is 93.1 cm³/mol. The van der Waals surface area contributed by atoms with Crippen molar-refractivity contribution in [3.8, 4) is 11.1 Å². The fourth-order valence-electron chi connectivity index (χ4n) is 2.52. The lowest BCUT2D eigenvalue weighted by atomic mass is 10.0. The van der Waals surface area contributed by atoms with Crippen molar-refractivity contribution in [1.29, 1.82) is 0 Å². The zero-order valence-corrected chi connectivity index (χ0v) is 13.2. The molecule has 1 heterocycles. The van der Waals surface area contributed by atoms with Gasteiger partial charge in [0.25, 0.3) is 5.91 Å². The maximum absolute atomic E-state index is 11.9. The molecular formula is C20H19NO3. The van der Waals surface area contributed by atoms with Crippen molar-refractivity contribution < 1.29 is 14.6 Å². The van der Waals surface area contributed by atoms with Crippen LogP contribution in [0.5, 0.6) is 0 Å². The Bertz CT molecular complexity index is 761. The molecule has 24 heavy (non-hydrogen) atoms. The molecule has 2 aromatic rings. The van der Waals surface area contributed by atoms with Crippen LogP contribution in [-0.4, -0.2) is 17.6 Å². The van der Waals surface area contributed by atoms with Crippen molar-refractivity contribution >= 4 is 5.91 Å². The van der Waals surface area contributed by atoms with E-state index in [-0.39, 0.29) is 11.5 Å². The number of carbonyl (C=O) groups excluding carboxylic acids is 1. The Balaban J connectivity index is 1.53. The third kappa shape index (κ3) is 3.84. The van der Waals surface area contributed by atoms with Crippen molar-refractivity contribution in [2.45, 2.75) is 12.8 Å². The first-order valence-corrected chi connectivity index (χ1v) is 7.90. The van der Waals surface area contributed by atoms with Crippen LogP contribution in [0.25, 0.3) is 11.1 Å². The monoisotopic (exact) mass is 321 g/mol. The van der Waals surface area contributed by atoms with Crippen molar-refractivity contribution in [2.75, 3.05) is 6.54 Å². The van der Waals surface area contributed by atoms with Gasteiger partial charge >= 0.3 is 0 Å². The average molecular weight is 321 g/mol. The van der Waals surface area contributed by atoms with Crippen molar-refractivity contribution in [3.63, 3.8) is 0 Å². The van der Waals surface area contributed by atoms with Crippen molar-refractivity contribution in [1.82, 2.24) is 5.32 Å². The molecule has 3 rings (SSSR count). The second kappa shape index (κ2) is 7.51. The molecule has 0 bridgehead atoms. The number of hydrogen-bond donors (Lipinski definition) is 2. The lowest BCUT2D eigenvalue weighted by molar-refractivity contribution is -0.120. The maximum Gasteiger partial charge on any atom is 0.290 e. The van der Waals surface area contributed by atoms with Crippen LogP contribution in [0.4, 0.5) is 0 Å². The summed E-state index contributed by atoms with van der Waals surface area (Å²) in [6.07, 6.45) is 4.10. The van der Waals surface area contributed by atoms with E-state index in [0.717, 1.165) is 5.56 Å². The minimum atomic E-state index is -0.391. The topological polar surface area (TPSA) is 58.6 Å². The number of aliphatic hydroxyl groups excluding tert-OH is 1. The van der Waals surface area contributed by atoms with E-state index < -0.39 is 5.91 Å². The highest BCUT2D eigenvalue weighted by Crippen LogP contribution is 2.19. The second-order valence-corrected chi connectivity index (χ2v) is 5.54. The van der Waals surface area contributed by atoms with Crippen LogP contribution in [0.1, 0.15) is 12.0 Å². The number of carbonyl (C=O) groups is 1. The summed E-state index contributed by atoms with van der Waals surface area (Å²) in [4.78, 5) is 11.9. The Morgan fingerprint density at radius 3 is 2.46 bits per heavy atom. The Hall–Kier alpha value is -3.01. The van der Waals surface area contributed by atoms with E-state index in [1.807, 2.05) is 18.2 Å². The van der Waals surface area contributed by atoms with Gasteiger partial charge in [-0.2, -0.15) is 0 Å². The fourth-order valence-corrected chi connectivity index (χ4v) is 2.52. The van der Waals surface area contributed by atoms with E-state index in [4.69, 9.17) is 4.74 Å². The summed E-state index contributed by atoms with van der Waals surface area (Å²) in [5, 5.41) is 12.4. The van der Waals surface area contributed by atoms with E-state index in [9.17, 15) is 9.90 Å². The third-order valence-electron chi connectivity index (χ3n) is 3.82. The van der Waals surface area contributed by atoms with Crippen LogP contribution in [0.15, 0.2) is 78.5 Å². The van der Waals surface area contributed by atoms with Gasteiger partial charge in [-0.25, -0.2) is 0 Å². The minimum Gasteiger partial charge on any atom is -0.508 e. The molecule has 1 aliphatic heterocycles. The Morgan fingerprint density at radius 1 is 1.04 bits per heavy atom. The molecule has 1 amide bonds. The molecule has 4 nitrogen and oxygen atoms in total. The van der Waals surface area contributed by atoms with Gasteiger partial charge in [0.05, 0.1) is 6.26 Å². The van der Waals surface area contributed by atoms with Gasteiger partial charge in [-0.1, -0.05) is 54.6 Å². The van der Waals surface area contributed by atoms with E-state index in [2.05, 4.69) is 41.7 Å². The molecule has 0 aromatic heterocycles. The molecule has 0 spiro atoms. The molecule has 0 saturated heterocycles. The summed E-state index contributed by atoms with van der Waals surface area (Å²) < 4.78 is 5.06. The summed E-state index contributed by atoms with van der Waals surface area (Å²) in [5.41, 5.74) is 3.49. The fraction of sp³-hybridized carbons (Fsp3) is 0.150. The van der Waals surface area contributed by atoms with Crippen LogP contribution in [0, 0.1) is 0 Å². The van der Waals surface area contributed by atoms with E-state index in [1.165, 1.54) is 17.4 Å². The largest absolute Gasteiger partial charge is 0.508 e. The maximum atomic E-state index is 11.9. The average Bonchev–Trinajstić information content (AvgIpc) is 2.63. The summed E-state index contributed by atoms with van der Waals surface area (Å²) in [6.45, 7) is 0.480. The Labute approximate surface area is 141 Å². The molecule has 0 unspecified atom stereocenters. The van der Waals surface area contributed by atoms with Gasteiger partial charge in [0.2, 0.25) is 5.76 Å². The molecule has 0 atom stereocenters. The van der Waals surface area contributed by atoms with Gasteiger partial charge in [0.1, 0.15) is 5.76 Å². The van der Waals surface area contributed by atoms with E-state index in [1.54, 1.807) is 6.08 Å². The zero-order chi connectivity index (χ0) is 16.8. The lowest BCUT2D eigenvalue weighted by Crippen LogP contribution is -2.29. The van der Waals surface area contributed by atoms with Gasteiger partial charge < -0.3 is 15.2 Å². The first kappa shape index (κ1) is 15.9. The van der Waals surface area contributed by atoms with E-state index in [0.29, 0.717) is 19.4 Å². The molecule has 2 aromatic carbocycles. The van der Waals surface area contributed by atoms with Gasteiger partial charge in [-0.15, -0.1) is 0 Å². The van der Waals surface area contributed by atoms with Gasteiger partial charge in [-0.3, -0.25) is 4.79 Å². The lowest BCUT2D eigenvalue weighted by Gasteiger charge is -2.12. The molecule has 4 heteroatoms. The van der Waals surface area contributed by atoms with Crippen molar-refractivity contribution in [2.24, 2.45) is 0 Å². The highest BCUT2D eigenvalue weighted by atomic mass is 16.5. The molecule has 0 radical (unpaired) electrons. The molecule has 1 aliphatic rings. The number of rotatable bonds is 5. The Kier molecular flexibility index (Phi) is 4.96. The highest BCUT2D eigenvalue weighted by Gasteiger charge is 2.17. The summed E-state index contributed by atoms with van der Waals surface area (Å²) in [5.74, 6) is -0.447. The van der Waals surface area contributed by atoms with Gasteiger partial charge in [0, 0.05) is 13.0 Å². The first-order chi connectivity index (χ1) is 11.7. The smallest absolute Gasteiger partial charge is 0.290 e. The molecule has 2 N–H and O–H groups in total. The number of allylic oxidation sites excluding steroid dienone is 1. The SMILES string of the molecule is O=C(NCCc1ccc(-c2ccccc2)cc1)C1=C(O)CC=CO1. The molecule has 122 valence electrons. The van der Waals surface area contributed by atoms with Crippen LogP contribution in [0.2, 0.25) is 0 Å². The third-order valence-corrected chi connectivity index (χ3v) is 3.82. The normalized spacial score (nSPS) is 13.5. The number of amides is 1. The van der Waals surface area contributed by atoms with Crippen LogP contribution in [-0.2, 0) is 16.0 Å². The first-order valence-electron chi connectivity index (χ1n) is 7.90. The van der Waals surface area contributed by atoms with Gasteiger partial charge in [0.15, 0.2) is 0 Å². The summed E-state index contributed by atoms with van der Waals surface area (Å²) >= 11 is 0. The van der Waals surface area contributed by atoms with Crippen LogP contribution >= 0.6 is 0 Å². The van der Waals surface area contributed by atoms with Crippen LogP contribution in [0.3, 0.4) is 0 Å². The van der Waals surface area contributed by atoms with Crippen molar-refractivity contribution in [3.05, 3.63) is 84.0 Å². The van der Waals surface area contributed by atoms with E-state index >= 15 is 0 Å². The molecular weight excluding hydrogens is 302 g/mol. The number of benzene rings is 2. The number of ether oxygens (including phenoxy) is 1. The summed E-state index contributed by atoms with van der Waals surface area (Å²) in [7, 11) is 0. The number of nitrogens with one attached hydrogen (secondary N) is 1. The van der Waals surface area contributed by atoms with Crippen LogP contribution < -0.4 is 5.32 Å². The zero-order valence-electron chi connectivity index (χ0n) is 13.2. The molecule has 0 aliphatic carbocycles.